The number of methoxy groups -OCH3 is 4. The standard InChI is InChI=1S/C45H59N3O14/c1-42(50-5)43(2,51-6)61-39-37(59-42)33(49)36(38-40(39)62-45(4,53-8)44(3,52-7)60-38)58-41-32(47-48-46)35(56-26-30-22-16-11-17-23-30)34(55-25-29-20-14-10-15-21-29)31(57-41)27-54-24-28-18-12-9-13-19-28/h9-23,31-41,49H,24-27H2,1-8H3/t31-,32-,33+,34-,35-,36+,37+,38+,39-,40-,41-,42?,43?,44?,45?/m1/s1. The van der Waals surface area contributed by atoms with Crippen molar-refractivity contribution < 1.29 is 66.7 Å². The molecule has 338 valence electrons. The van der Waals surface area contributed by atoms with Crippen LogP contribution in [0.5, 0.6) is 0 Å². The normalized spacial score (nSPS) is 39.3. The number of nitrogens with zero attached hydrogens (tertiary/aromatic N) is 3. The molecule has 1 N–H and O–H groups in total. The molecule has 0 amide bonds. The molecule has 17 heteroatoms. The van der Waals surface area contributed by atoms with Crippen molar-refractivity contribution in [3.05, 3.63) is 118 Å². The van der Waals surface area contributed by atoms with Crippen LogP contribution in [-0.2, 0) is 81.4 Å². The maximum absolute atomic E-state index is 12.5. The monoisotopic (exact) mass is 865 g/mol. The van der Waals surface area contributed by atoms with Gasteiger partial charge in [0.05, 0.1) is 26.4 Å². The molecule has 7 rings (SSSR count). The van der Waals surface area contributed by atoms with Gasteiger partial charge < -0.3 is 66.7 Å². The first kappa shape index (κ1) is 46.4. The highest BCUT2D eigenvalue weighted by molar-refractivity contribution is 5.16. The Labute approximate surface area is 362 Å². The first-order chi connectivity index (χ1) is 29.8. The summed E-state index contributed by atoms with van der Waals surface area (Å²) in [6.07, 6.45) is -11.1. The first-order valence-corrected chi connectivity index (χ1v) is 20.7. The third-order valence-corrected chi connectivity index (χ3v) is 12.7. The molecule has 0 aromatic heterocycles. The zero-order valence-corrected chi connectivity index (χ0v) is 36.4. The molecule has 3 saturated heterocycles. The van der Waals surface area contributed by atoms with Crippen molar-refractivity contribution in [3.8, 4) is 0 Å². The van der Waals surface area contributed by atoms with Crippen molar-refractivity contribution in [2.45, 2.75) is 138 Å². The highest BCUT2D eigenvalue weighted by Gasteiger charge is 2.70. The average molecular weight is 866 g/mol. The second-order valence-corrected chi connectivity index (χ2v) is 16.3. The van der Waals surface area contributed by atoms with E-state index in [0.717, 1.165) is 16.7 Å². The highest BCUT2D eigenvalue weighted by atomic mass is 16.8. The average Bonchev–Trinajstić information content (AvgIpc) is 3.29. The Balaban J connectivity index is 1.27. The Kier molecular flexibility index (Phi) is 14.7. The third-order valence-electron chi connectivity index (χ3n) is 12.7. The summed E-state index contributed by atoms with van der Waals surface area (Å²) < 4.78 is 83.6. The summed E-state index contributed by atoms with van der Waals surface area (Å²) in [5.74, 6) is -6.02. The van der Waals surface area contributed by atoms with Crippen LogP contribution in [0.25, 0.3) is 10.4 Å². The molecule has 4 aliphatic rings. The Morgan fingerprint density at radius 2 is 1.00 bits per heavy atom. The number of aliphatic hydroxyl groups is 1. The van der Waals surface area contributed by atoms with E-state index >= 15 is 0 Å². The number of hydrogen-bond donors (Lipinski definition) is 1. The van der Waals surface area contributed by atoms with Crippen molar-refractivity contribution in [2.24, 2.45) is 5.11 Å². The molecule has 3 aromatic rings. The van der Waals surface area contributed by atoms with Crippen molar-refractivity contribution >= 4 is 0 Å². The van der Waals surface area contributed by atoms with Gasteiger partial charge in [-0.2, -0.15) is 0 Å². The molecule has 4 unspecified atom stereocenters. The van der Waals surface area contributed by atoms with Gasteiger partial charge in [-0.25, -0.2) is 0 Å². The van der Waals surface area contributed by atoms with E-state index in [1.54, 1.807) is 27.7 Å². The van der Waals surface area contributed by atoms with Gasteiger partial charge in [-0.05, 0) is 49.9 Å². The fourth-order valence-electron chi connectivity index (χ4n) is 8.50. The Bertz CT molecular complexity index is 1930. The largest absolute Gasteiger partial charge is 0.387 e. The number of azide groups is 1. The third kappa shape index (κ3) is 9.17. The van der Waals surface area contributed by atoms with Crippen LogP contribution < -0.4 is 0 Å². The van der Waals surface area contributed by atoms with Crippen LogP contribution in [-0.4, -0.2) is 131 Å². The molecule has 62 heavy (non-hydrogen) atoms. The van der Waals surface area contributed by atoms with Crippen LogP contribution in [0.2, 0.25) is 0 Å². The van der Waals surface area contributed by atoms with Crippen LogP contribution in [0.4, 0.5) is 0 Å². The summed E-state index contributed by atoms with van der Waals surface area (Å²) in [4.78, 5) is 3.24. The van der Waals surface area contributed by atoms with Gasteiger partial charge in [0.2, 0.25) is 23.1 Å². The number of rotatable bonds is 17. The van der Waals surface area contributed by atoms with Crippen LogP contribution in [0.3, 0.4) is 0 Å². The minimum atomic E-state index is -1.54. The SMILES string of the molecule is COC1(C)O[C@@H]2[C@@H](OC1(C)OC)[C@@H](O[C@H]1O[C@H](COCc3ccccc3)[C@@H](OCc3ccccc3)[C@H](OCc3ccccc3)[C@H]1N=[N+]=[N-])[C@H](O)[C@@H]1OC(C)(OC)C(C)(OC)O[C@@H]21. The topological polar surface area (TPSA) is 189 Å². The van der Waals surface area contributed by atoms with Gasteiger partial charge in [0.1, 0.15) is 61.0 Å². The lowest BCUT2D eigenvalue weighted by molar-refractivity contribution is -0.513. The summed E-state index contributed by atoms with van der Waals surface area (Å²) in [6, 6.07) is 27.8. The maximum Gasteiger partial charge on any atom is 0.220 e. The second-order valence-electron chi connectivity index (χ2n) is 16.3. The molecule has 1 aliphatic carbocycles. The molecule has 3 aromatic carbocycles. The Morgan fingerprint density at radius 1 is 0.581 bits per heavy atom. The molecule has 0 bridgehead atoms. The molecule has 1 saturated carbocycles. The predicted octanol–water partition coefficient (Wildman–Crippen LogP) is 5.56. The lowest BCUT2D eigenvalue weighted by Gasteiger charge is -2.62. The quantitative estimate of drug-likeness (QED) is 0.101. The summed E-state index contributed by atoms with van der Waals surface area (Å²) in [5.41, 5.74) is 12.9. The first-order valence-electron chi connectivity index (χ1n) is 20.7. The van der Waals surface area contributed by atoms with Gasteiger partial charge in [0.15, 0.2) is 6.29 Å². The highest BCUT2D eigenvalue weighted by Crippen LogP contribution is 2.51. The second kappa shape index (κ2) is 19.7. The van der Waals surface area contributed by atoms with Crippen LogP contribution in [0.15, 0.2) is 96.1 Å². The molecule has 0 spiro atoms. The number of fused-ring (bicyclic) bond motifs is 3. The van der Waals surface area contributed by atoms with E-state index in [1.807, 2.05) is 91.0 Å². The van der Waals surface area contributed by atoms with Crippen LogP contribution in [0, 0.1) is 0 Å². The summed E-state index contributed by atoms with van der Waals surface area (Å²) in [5, 5.41) is 16.7. The number of aliphatic hydroxyl groups excluding tert-OH is 1. The van der Waals surface area contributed by atoms with E-state index < -0.39 is 90.4 Å². The van der Waals surface area contributed by atoms with Gasteiger partial charge in [-0.1, -0.05) is 96.1 Å². The van der Waals surface area contributed by atoms with Crippen LogP contribution >= 0.6 is 0 Å². The zero-order valence-electron chi connectivity index (χ0n) is 36.4. The minimum absolute atomic E-state index is 0.0265. The summed E-state index contributed by atoms with van der Waals surface area (Å²) in [7, 11) is 5.84. The fourth-order valence-corrected chi connectivity index (χ4v) is 8.50. The molecule has 3 heterocycles. The van der Waals surface area contributed by atoms with Crippen molar-refractivity contribution in [2.75, 3.05) is 35.0 Å². The maximum atomic E-state index is 12.5. The molecule has 0 radical (unpaired) electrons. The van der Waals surface area contributed by atoms with E-state index in [2.05, 4.69) is 10.0 Å². The molecule has 17 nitrogen and oxygen atoms in total. The summed E-state index contributed by atoms with van der Waals surface area (Å²) in [6.45, 7) is 7.27. The van der Waals surface area contributed by atoms with E-state index in [1.165, 1.54) is 28.4 Å². The van der Waals surface area contributed by atoms with E-state index in [4.69, 9.17) is 61.6 Å². The minimum Gasteiger partial charge on any atom is -0.387 e. The van der Waals surface area contributed by atoms with Gasteiger partial charge in [-0.15, -0.1) is 0 Å². The van der Waals surface area contributed by atoms with E-state index in [0.29, 0.717) is 0 Å². The lowest BCUT2D eigenvalue weighted by Crippen LogP contribution is -2.80. The Morgan fingerprint density at radius 3 is 1.47 bits per heavy atom. The van der Waals surface area contributed by atoms with Gasteiger partial charge in [0.25, 0.3) is 0 Å². The Hall–Kier alpha value is -3.59. The van der Waals surface area contributed by atoms with Crippen molar-refractivity contribution in [3.63, 3.8) is 0 Å². The lowest BCUT2D eigenvalue weighted by atomic mass is 9.80. The van der Waals surface area contributed by atoms with Gasteiger partial charge in [-0.3, -0.25) is 0 Å². The van der Waals surface area contributed by atoms with E-state index in [9.17, 15) is 10.6 Å². The predicted molar refractivity (Wildman–Crippen MR) is 220 cm³/mol. The smallest absolute Gasteiger partial charge is 0.220 e. The molecular weight excluding hydrogens is 807 g/mol. The fraction of sp³-hybridized carbons (Fsp3) is 0.600. The number of ether oxygens (including phenoxy) is 13. The molecule has 4 fully saturated rings. The van der Waals surface area contributed by atoms with Gasteiger partial charge >= 0.3 is 0 Å². The molecular formula is C45H59N3O14. The number of benzene rings is 3. The summed E-state index contributed by atoms with van der Waals surface area (Å²) >= 11 is 0. The van der Waals surface area contributed by atoms with E-state index in [-0.39, 0.29) is 26.4 Å². The molecule has 15 atom stereocenters. The van der Waals surface area contributed by atoms with Crippen LogP contribution in [0.1, 0.15) is 44.4 Å². The zero-order chi connectivity index (χ0) is 44.1. The number of hydrogen-bond acceptors (Lipinski definition) is 15. The van der Waals surface area contributed by atoms with Crippen molar-refractivity contribution in [1.82, 2.24) is 0 Å². The van der Waals surface area contributed by atoms with Gasteiger partial charge in [0, 0.05) is 33.4 Å². The molecule has 3 aliphatic heterocycles. The van der Waals surface area contributed by atoms with Crippen molar-refractivity contribution in [1.29, 1.82) is 0 Å².